The molecule has 0 atom stereocenters. The van der Waals surface area contributed by atoms with E-state index in [1.165, 1.54) is 16.7 Å². The second-order valence-electron chi connectivity index (χ2n) is 3.29. The van der Waals surface area contributed by atoms with Crippen LogP contribution in [0.3, 0.4) is 0 Å². The van der Waals surface area contributed by atoms with Gasteiger partial charge in [-0.05, 0) is 34.6 Å². The molecule has 0 aliphatic carbocycles. The Balaban J connectivity index is 4.16. The summed E-state index contributed by atoms with van der Waals surface area (Å²) in [6, 6.07) is 0. The van der Waals surface area contributed by atoms with Crippen molar-refractivity contribution in [1.29, 1.82) is 0 Å². The lowest BCUT2D eigenvalue weighted by Gasteiger charge is -1.93. The lowest BCUT2D eigenvalue weighted by atomic mass is 10.1. The van der Waals surface area contributed by atoms with Crippen molar-refractivity contribution >= 4 is 0 Å². The van der Waals surface area contributed by atoms with Crippen LogP contribution in [0, 0.1) is 0 Å². The van der Waals surface area contributed by atoms with Gasteiger partial charge in [-0.3, -0.25) is 0 Å². The third-order valence-corrected chi connectivity index (χ3v) is 1.56. The van der Waals surface area contributed by atoms with E-state index in [4.69, 9.17) is 0 Å². The molecule has 0 aliphatic heterocycles. The molecular formula is C11H18. The molecule has 0 unspecified atom stereocenters. The van der Waals surface area contributed by atoms with E-state index in [1.807, 2.05) is 0 Å². The van der Waals surface area contributed by atoms with Gasteiger partial charge in [0, 0.05) is 0 Å². The van der Waals surface area contributed by atoms with Gasteiger partial charge in [-0.2, -0.15) is 0 Å². The van der Waals surface area contributed by atoms with Crippen LogP contribution in [0.5, 0.6) is 0 Å². The van der Waals surface area contributed by atoms with Crippen molar-refractivity contribution in [2.45, 2.75) is 34.6 Å². The van der Waals surface area contributed by atoms with Crippen LogP contribution in [-0.2, 0) is 0 Å². The van der Waals surface area contributed by atoms with Crippen LogP contribution in [-0.4, -0.2) is 0 Å². The molecule has 11 heavy (non-hydrogen) atoms. The summed E-state index contributed by atoms with van der Waals surface area (Å²) >= 11 is 0. The third-order valence-electron chi connectivity index (χ3n) is 1.56. The second-order valence-corrected chi connectivity index (χ2v) is 3.29. The minimum atomic E-state index is 1.34. The molecule has 0 heterocycles. The fraction of sp³-hybridized carbons (Fsp3) is 0.455. The predicted octanol–water partition coefficient (Wildman–Crippen LogP) is 3.87. The van der Waals surface area contributed by atoms with Crippen molar-refractivity contribution in [3.63, 3.8) is 0 Å². The van der Waals surface area contributed by atoms with Gasteiger partial charge in [0.1, 0.15) is 0 Å². The molecule has 0 heteroatoms. The second kappa shape index (κ2) is 4.95. The quantitative estimate of drug-likeness (QED) is 0.524. The molecule has 0 aromatic heterocycles. The number of rotatable bonds is 2. The molecule has 0 rings (SSSR count). The summed E-state index contributed by atoms with van der Waals surface area (Å²) in [6.07, 6.45) is 6.35. The first-order chi connectivity index (χ1) is 5.04. The first-order valence-electron chi connectivity index (χ1n) is 3.99. The topological polar surface area (TPSA) is 0 Å². The summed E-state index contributed by atoms with van der Waals surface area (Å²) in [4.78, 5) is 0. The van der Waals surface area contributed by atoms with E-state index in [-0.39, 0.29) is 0 Å². The monoisotopic (exact) mass is 150 g/mol. The molecule has 0 nitrogen and oxygen atoms in total. The normalized spacial score (nSPS) is 9.91. The van der Waals surface area contributed by atoms with Gasteiger partial charge in [0.15, 0.2) is 0 Å². The lowest BCUT2D eigenvalue weighted by Crippen LogP contribution is -1.72. The smallest absolute Gasteiger partial charge is 0.0398 e. The van der Waals surface area contributed by atoms with Crippen molar-refractivity contribution in [1.82, 2.24) is 0 Å². The van der Waals surface area contributed by atoms with E-state index in [1.54, 1.807) is 0 Å². The zero-order chi connectivity index (χ0) is 8.85. The molecule has 0 fully saturated rings. The van der Waals surface area contributed by atoms with Crippen LogP contribution < -0.4 is 0 Å². The van der Waals surface area contributed by atoms with Crippen molar-refractivity contribution in [2.24, 2.45) is 0 Å². The van der Waals surface area contributed by atoms with Crippen LogP contribution in [0.2, 0.25) is 0 Å². The molecule has 0 aromatic rings. The average Bonchev–Trinajstić information content (AvgIpc) is 1.86. The van der Waals surface area contributed by atoms with Crippen LogP contribution in [0.4, 0.5) is 0 Å². The first kappa shape index (κ1) is 10.2. The first-order valence-corrected chi connectivity index (χ1v) is 3.99. The number of hydrogen-bond donors (Lipinski definition) is 0. The highest BCUT2D eigenvalue weighted by Gasteiger charge is 1.82. The largest absolute Gasteiger partial charge is 0.0764 e. The number of allylic oxidation sites excluding steroid dienone is 6. The summed E-state index contributed by atoms with van der Waals surface area (Å²) in [5, 5.41) is 0. The highest BCUT2D eigenvalue weighted by atomic mass is 13.9. The Hall–Kier alpha value is -0.780. The van der Waals surface area contributed by atoms with Gasteiger partial charge in [0.2, 0.25) is 0 Å². The van der Waals surface area contributed by atoms with E-state index in [0.29, 0.717) is 0 Å². The Kier molecular flexibility index (Phi) is 4.60. The summed E-state index contributed by atoms with van der Waals surface area (Å²) in [7, 11) is 0. The summed E-state index contributed by atoms with van der Waals surface area (Å²) in [5.41, 5.74) is 4.06. The number of hydrogen-bond acceptors (Lipinski definition) is 0. The fourth-order valence-corrected chi connectivity index (χ4v) is 0.552. The van der Waals surface area contributed by atoms with E-state index in [0.717, 1.165) is 0 Å². The molecule has 0 aromatic carbocycles. The van der Waals surface area contributed by atoms with Gasteiger partial charge in [-0.1, -0.05) is 34.9 Å². The highest BCUT2D eigenvalue weighted by Crippen LogP contribution is 2.03. The Bertz CT molecular complexity index is 194. The summed E-state index contributed by atoms with van der Waals surface area (Å²) in [6.45, 7) is 10.6. The van der Waals surface area contributed by atoms with Gasteiger partial charge in [0.05, 0.1) is 0 Å². The molecule has 0 saturated heterocycles. The van der Waals surface area contributed by atoms with Crippen LogP contribution in [0.25, 0.3) is 0 Å². The Labute approximate surface area is 70.3 Å². The molecule has 0 radical (unpaired) electrons. The zero-order valence-electron chi connectivity index (χ0n) is 8.23. The Morgan fingerprint density at radius 2 is 1.45 bits per heavy atom. The third kappa shape index (κ3) is 5.65. The maximum Gasteiger partial charge on any atom is -0.0398 e. The summed E-state index contributed by atoms with van der Waals surface area (Å²) in [5.74, 6) is 0. The van der Waals surface area contributed by atoms with Gasteiger partial charge in [0.25, 0.3) is 0 Å². The van der Waals surface area contributed by atoms with Gasteiger partial charge in [-0.25, -0.2) is 0 Å². The van der Waals surface area contributed by atoms with E-state index < -0.39 is 0 Å². The van der Waals surface area contributed by atoms with Gasteiger partial charge in [-0.15, -0.1) is 0 Å². The lowest BCUT2D eigenvalue weighted by molar-refractivity contribution is 1.29. The van der Waals surface area contributed by atoms with Crippen molar-refractivity contribution in [2.75, 3.05) is 0 Å². The van der Waals surface area contributed by atoms with Crippen LogP contribution in [0.1, 0.15) is 34.6 Å². The Morgan fingerprint density at radius 3 is 1.82 bits per heavy atom. The van der Waals surface area contributed by atoms with E-state index >= 15 is 0 Å². The maximum atomic E-state index is 2.14. The van der Waals surface area contributed by atoms with E-state index in [9.17, 15) is 0 Å². The molecule has 0 amide bonds. The fourth-order valence-electron chi connectivity index (χ4n) is 0.552. The minimum Gasteiger partial charge on any atom is -0.0764 e. The van der Waals surface area contributed by atoms with Crippen LogP contribution >= 0.6 is 0 Å². The van der Waals surface area contributed by atoms with Crippen molar-refractivity contribution in [3.05, 3.63) is 34.9 Å². The zero-order valence-corrected chi connectivity index (χ0v) is 8.23. The van der Waals surface area contributed by atoms with Gasteiger partial charge >= 0.3 is 0 Å². The molecule has 62 valence electrons. The SMILES string of the molecule is CC(C)=C/C=C/C(C)=C(C)C. The van der Waals surface area contributed by atoms with Gasteiger partial charge < -0.3 is 0 Å². The maximum absolute atomic E-state index is 2.14. The summed E-state index contributed by atoms with van der Waals surface area (Å²) < 4.78 is 0. The van der Waals surface area contributed by atoms with E-state index in [2.05, 4.69) is 52.8 Å². The molecule has 0 aliphatic rings. The van der Waals surface area contributed by atoms with Crippen LogP contribution in [0.15, 0.2) is 34.9 Å². The average molecular weight is 150 g/mol. The standard InChI is InChI=1S/C11H18/c1-9(2)7-6-8-11(5)10(3)4/h6-8H,1-5H3/b8-6+. The molecule has 0 bridgehead atoms. The molecular weight excluding hydrogens is 132 g/mol. The molecule has 0 N–H and O–H groups in total. The molecule has 0 saturated carbocycles. The van der Waals surface area contributed by atoms with Crippen molar-refractivity contribution < 1.29 is 0 Å². The predicted molar refractivity (Wildman–Crippen MR) is 52.6 cm³/mol. The highest BCUT2D eigenvalue weighted by molar-refractivity contribution is 5.24. The Morgan fingerprint density at radius 1 is 0.909 bits per heavy atom. The minimum absolute atomic E-state index is 1.34. The molecule has 0 spiro atoms. The van der Waals surface area contributed by atoms with Crippen molar-refractivity contribution in [3.8, 4) is 0 Å².